The third-order valence-electron chi connectivity index (χ3n) is 1.57. The minimum atomic E-state index is -5.08. The maximum Gasteiger partial charge on any atom is 0.366 e. The zero-order valence-corrected chi connectivity index (χ0v) is 6.65. The highest BCUT2D eigenvalue weighted by Crippen LogP contribution is 2.39. The van der Waals surface area contributed by atoms with Gasteiger partial charge in [0.1, 0.15) is 0 Å². The number of carbonyl (C=O) groups is 1. The molecule has 0 aromatic rings. The quantitative estimate of drug-likeness (QED) is 0.450. The fourth-order valence-corrected chi connectivity index (χ4v) is 0.591. The molecule has 0 aliphatic rings. The number of nitrogens with zero attached hydrogens (tertiary/aromatic N) is 1. The van der Waals surface area contributed by atoms with E-state index in [2.05, 4.69) is 0 Å². The van der Waals surface area contributed by atoms with Crippen LogP contribution >= 0.6 is 0 Å². The van der Waals surface area contributed by atoms with Crippen LogP contribution in [0.1, 0.15) is 6.92 Å². The zero-order valence-electron chi connectivity index (χ0n) is 6.65. The van der Waals surface area contributed by atoms with Gasteiger partial charge in [-0.1, -0.05) is 8.96 Å². The Bertz CT molecular complexity index is 232. The van der Waals surface area contributed by atoms with Crippen LogP contribution in [0.25, 0.3) is 0 Å². The molecule has 0 amide bonds. The van der Waals surface area contributed by atoms with Gasteiger partial charge >= 0.3 is 11.8 Å². The molecule has 0 aromatic carbocycles. The normalized spacial score (nSPS) is 20.6. The maximum atomic E-state index is 12.8. The van der Waals surface area contributed by atoms with Gasteiger partial charge < -0.3 is 5.11 Å². The Morgan fingerprint density at radius 1 is 1.36 bits per heavy atom. The van der Waals surface area contributed by atoms with Gasteiger partial charge in [0.05, 0.1) is 5.34 Å². The van der Waals surface area contributed by atoms with E-state index in [0.29, 0.717) is 0 Å². The molecule has 0 rings (SSSR count). The summed E-state index contributed by atoms with van der Waals surface area (Å²) < 4.78 is 72.5. The van der Waals surface area contributed by atoms with Gasteiger partial charge in [0.2, 0.25) is 5.67 Å². The Kier molecular flexibility index (Phi) is 3.38. The number of alkyl halides is 4. The van der Waals surface area contributed by atoms with E-state index in [1.165, 1.54) is 0 Å². The Balaban J connectivity index is 5.32. The Hall–Kier alpha value is -0.990. The van der Waals surface area contributed by atoms with Crippen LogP contribution in [0.5, 0.6) is 0 Å². The topological polar surface area (TPSA) is 40.5 Å². The van der Waals surface area contributed by atoms with Crippen molar-refractivity contribution in [3.8, 4) is 0 Å². The number of rotatable bonds is 4. The molecule has 0 spiro atoms. The van der Waals surface area contributed by atoms with Crippen LogP contribution < -0.4 is 0 Å². The van der Waals surface area contributed by atoms with Crippen LogP contribution in [0, 0.1) is 0 Å². The second-order valence-corrected chi connectivity index (χ2v) is 2.54. The van der Waals surface area contributed by atoms with E-state index < -0.39 is 29.2 Å². The average molecular weight is 225 g/mol. The first-order valence-electron chi connectivity index (χ1n) is 3.09. The number of carboxylic acids is 1. The van der Waals surface area contributed by atoms with Gasteiger partial charge in [0.25, 0.3) is 6.43 Å². The van der Waals surface area contributed by atoms with Crippen LogP contribution in [-0.2, 0) is 4.79 Å². The number of hydrogen-bond acceptors (Lipinski definition) is 2. The third-order valence-corrected chi connectivity index (χ3v) is 1.57. The molecule has 0 aliphatic carbocycles. The Labute approximate surface area is 73.8 Å². The summed E-state index contributed by atoms with van der Waals surface area (Å²) in [4.78, 5) is 9.94. The molecule has 0 bridgehead atoms. The maximum absolute atomic E-state index is 12.8. The van der Waals surface area contributed by atoms with E-state index in [1.807, 2.05) is 0 Å². The lowest BCUT2D eigenvalue weighted by Crippen LogP contribution is -2.61. The van der Waals surface area contributed by atoms with Crippen molar-refractivity contribution in [1.29, 1.82) is 0 Å². The first kappa shape index (κ1) is 13.0. The smallest absolute Gasteiger partial charge is 0.366 e. The standard InChI is InChI=1S/C5H5F6NO2/c1-4(8,2(6)7)5(9,3(13)14)12(10)11/h2H,1H3,(H,13,14)/t4-,5+/m0/s1. The highest BCUT2D eigenvalue weighted by atomic mass is 19.4. The van der Waals surface area contributed by atoms with Crippen LogP contribution in [0.2, 0.25) is 0 Å². The van der Waals surface area contributed by atoms with E-state index in [0.717, 1.165) is 0 Å². The molecule has 84 valence electrons. The molecule has 14 heavy (non-hydrogen) atoms. The molecular formula is C5H5F6NO2. The summed E-state index contributed by atoms with van der Waals surface area (Å²) >= 11 is 0. The zero-order chi connectivity index (χ0) is 11.7. The monoisotopic (exact) mass is 225 g/mol. The SMILES string of the molecule is C[C@](F)(C(F)F)[C@@](F)(C(=O)O)N(F)F. The predicted molar refractivity (Wildman–Crippen MR) is 31.0 cm³/mol. The molecule has 0 aromatic heterocycles. The molecule has 1 N–H and O–H groups in total. The molecular weight excluding hydrogens is 220 g/mol. The predicted octanol–water partition coefficient (Wildman–Crippen LogP) is 1.80. The van der Waals surface area contributed by atoms with Gasteiger partial charge in [0.15, 0.2) is 0 Å². The second-order valence-electron chi connectivity index (χ2n) is 2.54. The summed E-state index contributed by atoms with van der Waals surface area (Å²) in [5, 5.41) is 5.18. The van der Waals surface area contributed by atoms with Crippen molar-refractivity contribution in [2.45, 2.75) is 24.8 Å². The molecule has 0 saturated carbocycles. The van der Waals surface area contributed by atoms with Gasteiger partial charge in [0, 0.05) is 0 Å². The van der Waals surface area contributed by atoms with Gasteiger partial charge in [-0.3, -0.25) is 0 Å². The van der Waals surface area contributed by atoms with Crippen LogP contribution in [0.3, 0.4) is 0 Å². The summed E-state index contributed by atoms with van der Waals surface area (Å²) in [5.41, 5.74) is -4.53. The first-order chi connectivity index (χ1) is 6.08. The summed E-state index contributed by atoms with van der Waals surface area (Å²) in [6, 6.07) is 0. The van der Waals surface area contributed by atoms with E-state index >= 15 is 0 Å². The van der Waals surface area contributed by atoms with Crippen molar-refractivity contribution in [1.82, 2.24) is 5.34 Å². The summed E-state index contributed by atoms with van der Waals surface area (Å²) in [6.07, 6.45) is -4.21. The highest BCUT2D eigenvalue weighted by Gasteiger charge is 2.68. The average Bonchev–Trinajstić information content (AvgIpc) is 2.01. The molecule has 9 heteroatoms. The van der Waals surface area contributed by atoms with E-state index in [9.17, 15) is 31.3 Å². The van der Waals surface area contributed by atoms with E-state index in [1.54, 1.807) is 0 Å². The lowest BCUT2D eigenvalue weighted by molar-refractivity contribution is -0.323. The third kappa shape index (κ3) is 1.63. The second kappa shape index (κ2) is 3.64. The summed E-state index contributed by atoms with van der Waals surface area (Å²) in [6.45, 7) is -0.266. The highest BCUT2D eigenvalue weighted by molar-refractivity contribution is 5.78. The molecule has 0 heterocycles. The van der Waals surface area contributed by atoms with Crippen molar-refractivity contribution >= 4 is 5.97 Å². The fraction of sp³-hybridized carbons (Fsp3) is 0.800. The van der Waals surface area contributed by atoms with Gasteiger partial charge in [-0.2, -0.15) is 0 Å². The Morgan fingerprint density at radius 2 is 1.71 bits per heavy atom. The number of halogens is 6. The van der Waals surface area contributed by atoms with Crippen molar-refractivity contribution in [2.75, 3.05) is 0 Å². The lowest BCUT2D eigenvalue weighted by atomic mass is 9.97. The van der Waals surface area contributed by atoms with Crippen LogP contribution in [0.4, 0.5) is 26.5 Å². The largest absolute Gasteiger partial charge is 0.478 e. The van der Waals surface area contributed by atoms with Gasteiger partial charge in [-0.05, 0) is 6.92 Å². The van der Waals surface area contributed by atoms with Gasteiger partial charge in [-0.25, -0.2) is 22.4 Å². The first-order valence-corrected chi connectivity index (χ1v) is 3.09. The summed E-state index contributed by atoms with van der Waals surface area (Å²) in [7, 11) is 0. The van der Waals surface area contributed by atoms with Gasteiger partial charge in [-0.15, -0.1) is 0 Å². The lowest BCUT2D eigenvalue weighted by Gasteiger charge is -2.31. The van der Waals surface area contributed by atoms with Crippen molar-refractivity contribution in [2.24, 2.45) is 0 Å². The number of hydrogen-bond donors (Lipinski definition) is 1. The van der Waals surface area contributed by atoms with E-state index in [-0.39, 0.29) is 6.92 Å². The molecule has 0 unspecified atom stereocenters. The summed E-state index contributed by atoms with van der Waals surface area (Å²) in [5.74, 6) is -8.12. The van der Waals surface area contributed by atoms with E-state index in [4.69, 9.17) is 5.11 Å². The minimum absolute atomic E-state index is 0.266. The van der Waals surface area contributed by atoms with Crippen LogP contribution in [-0.4, -0.2) is 34.3 Å². The Morgan fingerprint density at radius 3 is 1.79 bits per heavy atom. The van der Waals surface area contributed by atoms with Crippen molar-refractivity contribution in [3.63, 3.8) is 0 Å². The fourth-order valence-electron chi connectivity index (χ4n) is 0.591. The van der Waals surface area contributed by atoms with Crippen molar-refractivity contribution in [3.05, 3.63) is 0 Å². The molecule has 2 atom stereocenters. The molecule has 0 aliphatic heterocycles. The molecule has 0 fully saturated rings. The van der Waals surface area contributed by atoms with Crippen LogP contribution in [0.15, 0.2) is 0 Å². The molecule has 3 nitrogen and oxygen atoms in total. The number of aliphatic carboxylic acids is 1. The minimum Gasteiger partial charge on any atom is -0.478 e. The molecule has 0 radical (unpaired) electrons. The van der Waals surface area contributed by atoms with Crippen molar-refractivity contribution < 1.29 is 36.4 Å². The number of carboxylic acid groups (broad SMARTS) is 1. The molecule has 0 saturated heterocycles.